The number of carbonyl (C=O) groups is 3. The van der Waals surface area contributed by atoms with Crippen LogP contribution in [0, 0.1) is 5.92 Å². The monoisotopic (exact) mass is 325 g/mol. The number of Topliss-reactive ketones (excluding diaryl/α,β-unsaturated/α-hetero) is 1. The maximum atomic E-state index is 12.2. The van der Waals surface area contributed by atoms with Crippen LogP contribution in [0.1, 0.15) is 44.9 Å². The second kappa shape index (κ2) is 9.86. The fourth-order valence-corrected chi connectivity index (χ4v) is 2.80. The third-order valence-corrected chi connectivity index (χ3v) is 4.09. The predicted octanol–water partition coefficient (Wildman–Crippen LogP) is 0.801. The van der Waals surface area contributed by atoms with E-state index in [2.05, 4.69) is 10.1 Å². The van der Waals surface area contributed by atoms with Gasteiger partial charge in [-0.2, -0.15) is 4.79 Å². The SMILES string of the molecule is COC(CC1CCCC1)C(=O)NC(CCC(=O)C=[N+]=[N-])C(=O)O. The second-order valence-electron chi connectivity index (χ2n) is 5.76. The highest BCUT2D eigenvalue weighted by Gasteiger charge is 2.28. The Balaban J connectivity index is 2.55. The molecule has 0 heterocycles. The molecule has 1 fully saturated rings. The van der Waals surface area contributed by atoms with Crippen LogP contribution in [0.25, 0.3) is 5.53 Å². The molecule has 0 aliphatic heterocycles. The fraction of sp³-hybridized carbons (Fsp3) is 0.733. The minimum Gasteiger partial charge on any atom is -0.480 e. The maximum absolute atomic E-state index is 12.2. The zero-order valence-corrected chi connectivity index (χ0v) is 13.2. The Morgan fingerprint density at radius 3 is 2.57 bits per heavy atom. The molecule has 0 spiro atoms. The van der Waals surface area contributed by atoms with E-state index in [1.165, 1.54) is 7.11 Å². The van der Waals surface area contributed by atoms with Gasteiger partial charge in [0.05, 0.1) is 0 Å². The smallest absolute Gasteiger partial charge is 0.326 e. The summed E-state index contributed by atoms with van der Waals surface area (Å²) in [4.78, 5) is 37.2. The highest BCUT2D eigenvalue weighted by atomic mass is 16.5. The van der Waals surface area contributed by atoms with E-state index in [9.17, 15) is 14.4 Å². The van der Waals surface area contributed by atoms with Crippen molar-refractivity contribution in [2.24, 2.45) is 5.92 Å². The van der Waals surface area contributed by atoms with E-state index < -0.39 is 29.8 Å². The number of ketones is 1. The molecule has 0 saturated heterocycles. The van der Waals surface area contributed by atoms with Crippen molar-refractivity contribution in [1.29, 1.82) is 0 Å². The van der Waals surface area contributed by atoms with Gasteiger partial charge in [0.2, 0.25) is 11.7 Å². The first kappa shape index (κ1) is 19.0. The molecular weight excluding hydrogens is 302 g/mol. The topological polar surface area (TPSA) is 129 Å². The van der Waals surface area contributed by atoms with Gasteiger partial charge in [0.1, 0.15) is 12.1 Å². The Hall–Kier alpha value is -2.05. The molecule has 1 rings (SSSR count). The van der Waals surface area contributed by atoms with Crippen LogP contribution in [0.2, 0.25) is 0 Å². The Labute approximate surface area is 134 Å². The van der Waals surface area contributed by atoms with Crippen molar-refractivity contribution in [3.63, 3.8) is 0 Å². The summed E-state index contributed by atoms with van der Waals surface area (Å²) >= 11 is 0. The van der Waals surface area contributed by atoms with Crippen molar-refractivity contribution in [2.75, 3.05) is 7.11 Å². The van der Waals surface area contributed by atoms with Gasteiger partial charge in [0.25, 0.3) is 0 Å². The van der Waals surface area contributed by atoms with E-state index in [1.54, 1.807) is 0 Å². The molecule has 0 aromatic carbocycles. The number of methoxy groups -OCH3 is 1. The molecule has 8 heteroatoms. The molecular formula is C15H23N3O5. The highest BCUT2D eigenvalue weighted by Crippen LogP contribution is 2.29. The molecule has 2 N–H and O–H groups in total. The molecule has 23 heavy (non-hydrogen) atoms. The summed E-state index contributed by atoms with van der Waals surface area (Å²) in [5, 5.41) is 11.6. The molecule has 0 bridgehead atoms. The summed E-state index contributed by atoms with van der Waals surface area (Å²) in [6.07, 6.45) is 4.80. The Morgan fingerprint density at radius 2 is 2.04 bits per heavy atom. The second-order valence-corrected chi connectivity index (χ2v) is 5.76. The lowest BCUT2D eigenvalue weighted by atomic mass is 9.99. The van der Waals surface area contributed by atoms with Crippen molar-refractivity contribution in [2.45, 2.75) is 57.1 Å². The molecule has 1 amide bonds. The number of hydrogen-bond acceptors (Lipinski definition) is 4. The molecule has 0 aromatic rings. The Kier molecular flexibility index (Phi) is 8.15. The van der Waals surface area contributed by atoms with Crippen molar-refractivity contribution in [3.05, 3.63) is 5.53 Å². The molecule has 0 radical (unpaired) electrons. The minimum atomic E-state index is -1.22. The molecule has 2 unspecified atom stereocenters. The third kappa shape index (κ3) is 6.71. The standard InChI is InChI=1S/C15H23N3O5/c1-23-13(8-10-4-2-3-5-10)14(20)18-12(15(21)22)7-6-11(19)9-17-16/h9-10,12-13H,2-8H2,1H3,(H,18,20)(H,21,22). The van der Waals surface area contributed by atoms with E-state index in [0.717, 1.165) is 25.7 Å². The molecule has 8 nitrogen and oxygen atoms in total. The van der Waals surface area contributed by atoms with Gasteiger partial charge in [-0.3, -0.25) is 9.59 Å². The number of aliphatic carboxylic acids is 1. The molecule has 2 atom stereocenters. The van der Waals surface area contributed by atoms with Gasteiger partial charge in [0, 0.05) is 13.5 Å². The summed E-state index contributed by atoms with van der Waals surface area (Å²) in [6, 6.07) is -1.18. The Morgan fingerprint density at radius 1 is 1.39 bits per heavy atom. The van der Waals surface area contributed by atoms with Crippen molar-refractivity contribution in [1.82, 2.24) is 5.32 Å². The normalized spacial score (nSPS) is 17.1. The van der Waals surface area contributed by atoms with Crippen LogP contribution in [0.5, 0.6) is 0 Å². The van der Waals surface area contributed by atoms with E-state index in [0.29, 0.717) is 18.6 Å². The summed E-state index contributed by atoms with van der Waals surface area (Å²) in [7, 11) is 1.43. The maximum Gasteiger partial charge on any atom is 0.326 e. The number of nitrogens with one attached hydrogen (secondary N) is 1. The largest absolute Gasteiger partial charge is 0.480 e. The van der Waals surface area contributed by atoms with Gasteiger partial charge in [0.15, 0.2) is 0 Å². The molecule has 1 aliphatic carbocycles. The fourth-order valence-electron chi connectivity index (χ4n) is 2.80. The quantitative estimate of drug-likeness (QED) is 0.349. The van der Waals surface area contributed by atoms with Crippen LogP contribution in [0.4, 0.5) is 0 Å². The van der Waals surface area contributed by atoms with Crippen molar-refractivity contribution in [3.8, 4) is 0 Å². The van der Waals surface area contributed by atoms with E-state index in [1.807, 2.05) is 0 Å². The van der Waals surface area contributed by atoms with Gasteiger partial charge in [-0.25, -0.2) is 4.79 Å². The summed E-state index contributed by atoms with van der Waals surface area (Å²) in [6.45, 7) is 0. The van der Waals surface area contributed by atoms with Crippen molar-refractivity contribution >= 4 is 23.9 Å². The average Bonchev–Trinajstić information content (AvgIpc) is 3.01. The van der Waals surface area contributed by atoms with Gasteiger partial charge < -0.3 is 20.7 Å². The lowest BCUT2D eigenvalue weighted by Gasteiger charge is -2.21. The molecule has 0 aromatic heterocycles. The van der Waals surface area contributed by atoms with Crippen molar-refractivity contribution < 1.29 is 29.0 Å². The van der Waals surface area contributed by atoms with Crippen LogP contribution in [0.15, 0.2) is 0 Å². The number of nitrogens with zero attached hydrogens (tertiary/aromatic N) is 2. The van der Waals surface area contributed by atoms with Gasteiger partial charge in [-0.15, -0.1) is 0 Å². The number of carboxylic acid groups (broad SMARTS) is 1. The number of amides is 1. The lowest BCUT2D eigenvalue weighted by molar-refractivity contribution is -0.144. The summed E-state index contributed by atoms with van der Waals surface area (Å²) < 4.78 is 5.19. The zero-order valence-electron chi connectivity index (χ0n) is 13.2. The van der Waals surface area contributed by atoms with E-state index in [-0.39, 0.29) is 12.8 Å². The number of hydrogen-bond donors (Lipinski definition) is 2. The van der Waals surface area contributed by atoms with Crippen LogP contribution < -0.4 is 5.32 Å². The van der Waals surface area contributed by atoms with Crippen LogP contribution >= 0.6 is 0 Å². The third-order valence-electron chi connectivity index (χ3n) is 4.09. The van der Waals surface area contributed by atoms with E-state index in [4.69, 9.17) is 15.4 Å². The lowest BCUT2D eigenvalue weighted by Crippen LogP contribution is -2.46. The minimum absolute atomic E-state index is 0.0776. The van der Waals surface area contributed by atoms with Crippen LogP contribution in [-0.4, -0.2) is 53.0 Å². The average molecular weight is 325 g/mol. The predicted molar refractivity (Wildman–Crippen MR) is 80.9 cm³/mol. The zero-order chi connectivity index (χ0) is 17.2. The molecule has 1 aliphatic rings. The Bertz CT molecular complexity index is 482. The first-order chi connectivity index (χ1) is 11.0. The number of carboxylic acids is 1. The highest BCUT2D eigenvalue weighted by molar-refractivity contribution is 6.25. The molecule has 128 valence electrons. The summed E-state index contributed by atoms with van der Waals surface area (Å²) in [5.74, 6) is -1.78. The van der Waals surface area contributed by atoms with Gasteiger partial charge in [-0.1, -0.05) is 25.7 Å². The first-order valence-electron chi connectivity index (χ1n) is 7.74. The first-order valence-corrected chi connectivity index (χ1v) is 7.74. The summed E-state index contributed by atoms with van der Waals surface area (Å²) in [5.41, 5.74) is 8.24. The number of carbonyl (C=O) groups excluding carboxylic acids is 2. The number of ether oxygens (including phenoxy) is 1. The van der Waals surface area contributed by atoms with E-state index >= 15 is 0 Å². The van der Waals surface area contributed by atoms with Gasteiger partial charge >= 0.3 is 12.2 Å². The van der Waals surface area contributed by atoms with Crippen LogP contribution in [0.3, 0.4) is 0 Å². The van der Waals surface area contributed by atoms with Gasteiger partial charge in [-0.05, 0) is 18.8 Å². The number of rotatable bonds is 10. The molecule has 1 saturated carbocycles. The van der Waals surface area contributed by atoms with Crippen LogP contribution in [-0.2, 0) is 19.1 Å².